The summed E-state index contributed by atoms with van der Waals surface area (Å²) < 4.78 is 5.29. The van der Waals surface area contributed by atoms with Crippen molar-refractivity contribution in [1.82, 2.24) is 4.90 Å². The standard InChI is InChI=1S/C26H24N2O3/c1-18-12-14-20(15-13-18)23-24(27(2)17-19-8-5-4-6-9-19)26(30)28(25(23)29)21-10-7-11-22(16-21)31-3/h4-16H,17H2,1-3H3. The summed E-state index contributed by atoms with van der Waals surface area (Å²) in [5, 5.41) is 0. The Balaban J connectivity index is 1.80. The molecule has 0 saturated carbocycles. The average Bonchev–Trinajstić information content (AvgIpc) is 3.05. The van der Waals surface area contributed by atoms with Crippen LogP contribution in [0.4, 0.5) is 5.69 Å². The van der Waals surface area contributed by atoms with E-state index in [2.05, 4.69) is 0 Å². The van der Waals surface area contributed by atoms with Gasteiger partial charge in [0.25, 0.3) is 11.8 Å². The van der Waals surface area contributed by atoms with Gasteiger partial charge in [-0.05, 0) is 30.2 Å². The lowest BCUT2D eigenvalue weighted by atomic mass is 10.0. The first-order chi connectivity index (χ1) is 15.0. The Morgan fingerprint density at radius 2 is 1.58 bits per heavy atom. The molecule has 0 bridgehead atoms. The van der Waals surface area contributed by atoms with E-state index in [1.807, 2.05) is 73.5 Å². The topological polar surface area (TPSA) is 49.9 Å². The highest BCUT2D eigenvalue weighted by Crippen LogP contribution is 2.35. The second-order valence-corrected chi connectivity index (χ2v) is 7.58. The Kier molecular flexibility index (Phi) is 5.58. The van der Waals surface area contributed by atoms with Gasteiger partial charge in [0.2, 0.25) is 0 Å². The summed E-state index contributed by atoms with van der Waals surface area (Å²) >= 11 is 0. The van der Waals surface area contributed by atoms with E-state index in [1.165, 1.54) is 4.90 Å². The Hall–Kier alpha value is -3.86. The SMILES string of the molecule is COc1cccc(N2C(=O)C(c3ccc(C)cc3)=C(N(C)Cc3ccccc3)C2=O)c1. The zero-order chi connectivity index (χ0) is 22.0. The van der Waals surface area contributed by atoms with Gasteiger partial charge in [0.05, 0.1) is 18.4 Å². The van der Waals surface area contributed by atoms with Crippen LogP contribution in [-0.4, -0.2) is 30.9 Å². The van der Waals surface area contributed by atoms with E-state index in [4.69, 9.17) is 4.74 Å². The fourth-order valence-electron chi connectivity index (χ4n) is 3.77. The number of ether oxygens (including phenoxy) is 1. The number of carbonyl (C=O) groups excluding carboxylic acids is 2. The van der Waals surface area contributed by atoms with Crippen molar-refractivity contribution in [2.75, 3.05) is 19.1 Å². The summed E-state index contributed by atoms with van der Waals surface area (Å²) in [6.07, 6.45) is 0. The molecule has 0 aromatic heterocycles. The van der Waals surface area contributed by atoms with Crippen molar-refractivity contribution < 1.29 is 14.3 Å². The first-order valence-electron chi connectivity index (χ1n) is 10.1. The molecule has 0 N–H and O–H groups in total. The number of methoxy groups -OCH3 is 1. The average molecular weight is 412 g/mol. The Labute approximate surface area is 182 Å². The summed E-state index contributed by atoms with van der Waals surface area (Å²) in [6, 6.07) is 24.5. The highest BCUT2D eigenvalue weighted by atomic mass is 16.5. The molecule has 1 heterocycles. The second kappa shape index (κ2) is 8.48. The van der Waals surface area contributed by atoms with Crippen LogP contribution in [0.3, 0.4) is 0 Å². The van der Waals surface area contributed by atoms with Gasteiger partial charge in [-0.15, -0.1) is 0 Å². The number of likely N-dealkylation sites (N-methyl/N-ethyl adjacent to an activating group) is 1. The lowest BCUT2D eigenvalue weighted by Crippen LogP contribution is -2.34. The quantitative estimate of drug-likeness (QED) is 0.563. The lowest BCUT2D eigenvalue weighted by Gasteiger charge is -2.22. The van der Waals surface area contributed by atoms with Gasteiger partial charge in [-0.1, -0.05) is 66.2 Å². The predicted octanol–water partition coefficient (Wildman–Crippen LogP) is 4.42. The first-order valence-corrected chi connectivity index (χ1v) is 10.1. The molecule has 156 valence electrons. The second-order valence-electron chi connectivity index (χ2n) is 7.58. The van der Waals surface area contributed by atoms with Gasteiger partial charge >= 0.3 is 0 Å². The van der Waals surface area contributed by atoms with Crippen molar-refractivity contribution in [2.45, 2.75) is 13.5 Å². The number of rotatable bonds is 6. The van der Waals surface area contributed by atoms with E-state index in [0.717, 1.165) is 16.7 Å². The predicted molar refractivity (Wildman–Crippen MR) is 121 cm³/mol. The number of nitrogens with zero attached hydrogens (tertiary/aromatic N) is 2. The molecule has 2 amide bonds. The van der Waals surface area contributed by atoms with E-state index >= 15 is 0 Å². The molecule has 5 nitrogen and oxygen atoms in total. The molecule has 1 aliphatic rings. The minimum Gasteiger partial charge on any atom is -0.497 e. The maximum atomic E-state index is 13.6. The number of aryl methyl sites for hydroxylation is 1. The van der Waals surface area contributed by atoms with Gasteiger partial charge < -0.3 is 9.64 Å². The van der Waals surface area contributed by atoms with E-state index in [1.54, 1.807) is 31.4 Å². The van der Waals surface area contributed by atoms with Gasteiger partial charge in [0, 0.05) is 19.7 Å². The summed E-state index contributed by atoms with van der Waals surface area (Å²) in [4.78, 5) is 30.2. The van der Waals surface area contributed by atoms with Crippen LogP contribution in [0.25, 0.3) is 5.57 Å². The molecule has 4 rings (SSSR count). The largest absolute Gasteiger partial charge is 0.497 e. The molecule has 0 aliphatic carbocycles. The molecule has 3 aromatic carbocycles. The summed E-state index contributed by atoms with van der Waals surface area (Å²) in [5.74, 6) is -0.0923. The molecule has 0 saturated heterocycles. The van der Waals surface area contributed by atoms with Gasteiger partial charge in [-0.25, -0.2) is 4.90 Å². The summed E-state index contributed by atoms with van der Waals surface area (Å²) in [5.41, 5.74) is 4.16. The maximum Gasteiger partial charge on any atom is 0.282 e. The number of hydrogen-bond donors (Lipinski definition) is 0. The van der Waals surface area contributed by atoms with Crippen LogP contribution in [0.15, 0.2) is 84.6 Å². The van der Waals surface area contributed by atoms with Crippen LogP contribution in [0.2, 0.25) is 0 Å². The maximum absolute atomic E-state index is 13.6. The van der Waals surface area contributed by atoms with Crippen LogP contribution >= 0.6 is 0 Å². The van der Waals surface area contributed by atoms with Gasteiger partial charge in [0.15, 0.2) is 0 Å². The molecule has 5 heteroatoms. The number of amides is 2. The summed E-state index contributed by atoms with van der Waals surface area (Å²) in [6.45, 7) is 2.50. The van der Waals surface area contributed by atoms with Gasteiger partial charge in [-0.2, -0.15) is 0 Å². The molecule has 0 fully saturated rings. The Morgan fingerprint density at radius 3 is 2.26 bits per heavy atom. The third kappa shape index (κ3) is 3.94. The number of benzene rings is 3. The zero-order valence-electron chi connectivity index (χ0n) is 17.8. The molecule has 31 heavy (non-hydrogen) atoms. The van der Waals surface area contributed by atoms with Crippen molar-refractivity contribution >= 4 is 23.1 Å². The van der Waals surface area contributed by atoms with E-state index in [9.17, 15) is 9.59 Å². The van der Waals surface area contributed by atoms with Crippen LogP contribution in [0, 0.1) is 6.92 Å². The molecular weight excluding hydrogens is 388 g/mol. The number of hydrogen-bond acceptors (Lipinski definition) is 4. The minimum absolute atomic E-state index is 0.336. The fourth-order valence-corrected chi connectivity index (χ4v) is 3.77. The number of carbonyl (C=O) groups is 2. The van der Waals surface area contributed by atoms with Crippen LogP contribution in [-0.2, 0) is 16.1 Å². The number of anilines is 1. The molecule has 0 unspecified atom stereocenters. The van der Waals surface area contributed by atoms with Crippen molar-refractivity contribution in [3.05, 3.63) is 101 Å². The monoisotopic (exact) mass is 412 g/mol. The van der Waals surface area contributed by atoms with Gasteiger partial charge in [0.1, 0.15) is 11.4 Å². The highest BCUT2D eigenvalue weighted by Gasteiger charge is 2.41. The molecular formula is C26H24N2O3. The third-order valence-electron chi connectivity index (χ3n) is 5.36. The molecule has 0 atom stereocenters. The van der Waals surface area contributed by atoms with Crippen molar-refractivity contribution in [3.63, 3.8) is 0 Å². The number of imide groups is 1. The van der Waals surface area contributed by atoms with Crippen molar-refractivity contribution in [2.24, 2.45) is 0 Å². The smallest absolute Gasteiger partial charge is 0.282 e. The minimum atomic E-state index is -0.341. The normalized spacial score (nSPS) is 13.7. The van der Waals surface area contributed by atoms with Gasteiger partial charge in [-0.3, -0.25) is 9.59 Å². The summed E-state index contributed by atoms with van der Waals surface area (Å²) in [7, 11) is 3.40. The van der Waals surface area contributed by atoms with Crippen molar-refractivity contribution in [3.8, 4) is 5.75 Å². The molecule has 0 spiro atoms. The Bertz CT molecular complexity index is 1150. The zero-order valence-corrected chi connectivity index (χ0v) is 17.8. The third-order valence-corrected chi connectivity index (χ3v) is 5.36. The van der Waals surface area contributed by atoms with Crippen LogP contribution in [0.1, 0.15) is 16.7 Å². The van der Waals surface area contributed by atoms with E-state index < -0.39 is 0 Å². The first kappa shape index (κ1) is 20.4. The molecule has 3 aromatic rings. The lowest BCUT2D eigenvalue weighted by molar-refractivity contribution is -0.120. The molecule has 0 radical (unpaired) electrons. The van der Waals surface area contributed by atoms with Crippen molar-refractivity contribution in [1.29, 1.82) is 0 Å². The Morgan fingerprint density at radius 1 is 0.871 bits per heavy atom. The fraction of sp³-hybridized carbons (Fsp3) is 0.154. The van der Waals surface area contributed by atoms with Crippen LogP contribution in [0.5, 0.6) is 5.75 Å². The highest BCUT2D eigenvalue weighted by molar-refractivity contribution is 6.45. The molecule has 1 aliphatic heterocycles. The van der Waals surface area contributed by atoms with Crippen LogP contribution < -0.4 is 9.64 Å². The van der Waals surface area contributed by atoms with E-state index in [0.29, 0.717) is 29.3 Å². The van der Waals surface area contributed by atoms with E-state index in [-0.39, 0.29) is 11.8 Å².